The van der Waals surface area contributed by atoms with E-state index in [9.17, 15) is 9.90 Å². The number of halogens is 5. The van der Waals surface area contributed by atoms with Crippen LogP contribution in [-0.2, 0) is 19.3 Å². The van der Waals surface area contributed by atoms with E-state index in [0.717, 1.165) is 36.1 Å². The first-order valence-corrected chi connectivity index (χ1v) is 22.7. The van der Waals surface area contributed by atoms with Gasteiger partial charge in [0.05, 0.1) is 59.6 Å². The number of pyridine rings is 2. The van der Waals surface area contributed by atoms with Crippen LogP contribution < -0.4 is 34.1 Å². The van der Waals surface area contributed by atoms with Crippen molar-refractivity contribution in [2.24, 2.45) is 0 Å². The first-order chi connectivity index (χ1) is 33.1. The Morgan fingerprint density at radius 3 is 2.35 bits per heavy atom. The van der Waals surface area contributed by atoms with Gasteiger partial charge < -0.3 is 33.9 Å². The van der Waals surface area contributed by atoms with Gasteiger partial charge in [0.25, 0.3) is 0 Å². The van der Waals surface area contributed by atoms with Gasteiger partial charge in [-0.2, -0.15) is 23.1 Å². The van der Waals surface area contributed by atoms with Gasteiger partial charge in [-0.05, 0) is 92.7 Å². The topological polar surface area (TPSA) is 148 Å². The molecule has 2 saturated heterocycles. The standard InChI is InChI=1S/C50H49ClF4N8O6/c1-28-23-49(17-7-19-62(49)24-28)27-69-47-58-43-38-44(68-21-20-63(46(38)60-47)30(3)35-8-6-18-56-45(35)59-48(64)65)40(51)37(41(43)52)42-39(50(53,54)55)29(2)22-36(57-42)61(25-31-9-13-33(66-4)14-10-31)26-32-11-15-34(67-5)16-12-32/h6,8-16,18,22,30H,1,7,17,19-21,23-27H2,2-5H3,(H,56,59)(H,64,65)/t30-,49+/m1/s1. The number of anilines is 3. The predicted molar refractivity (Wildman–Crippen MR) is 253 cm³/mol. The van der Waals surface area contributed by atoms with Crippen LogP contribution in [0.15, 0.2) is 85.1 Å². The number of hydrogen-bond acceptors (Lipinski definition) is 12. The van der Waals surface area contributed by atoms with Crippen molar-refractivity contribution < 1.29 is 46.4 Å². The predicted octanol–water partition coefficient (Wildman–Crippen LogP) is 10.7. The number of methoxy groups -OCH3 is 2. The monoisotopic (exact) mass is 968 g/mol. The number of aromatic nitrogens is 4. The van der Waals surface area contributed by atoms with E-state index in [2.05, 4.69) is 31.7 Å². The Labute approximate surface area is 400 Å². The number of carbonyl (C=O) groups is 1. The van der Waals surface area contributed by atoms with E-state index in [0.29, 0.717) is 30.0 Å². The Balaban J connectivity index is 1.24. The van der Waals surface area contributed by atoms with Crippen molar-refractivity contribution >= 4 is 46.1 Å². The fourth-order valence-corrected chi connectivity index (χ4v) is 10.2. The molecule has 0 aliphatic carbocycles. The highest BCUT2D eigenvalue weighted by molar-refractivity contribution is 6.36. The summed E-state index contributed by atoms with van der Waals surface area (Å²) in [5, 5.41) is 11.5. The van der Waals surface area contributed by atoms with E-state index in [1.54, 1.807) is 67.3 Å². The van der Waals surface area contributed by atoms with Crippen molar-refractivity contribution in [3.8, 4) is 34.5 Å². The summed E-state index contributed by atoms with van der Waals surface area (Å²) < 4.78 is 88.2. The number of carboxylic acid groups (broad SMARTS) is 1. The molecule has 0 radical (unpaired) electrons. The largest absolute Gasteiger partial charge is 0.497 e. The van der Waals surface area contributed by atoms with Crippen molar-refractivity contribution in [2.45, 2.75) is 64.0 Å². The van der Waals surface area contributed by atoms with Gasteiger partial charge in [0.15, 0.2) is 11.6 Å². The molecular formula is C50H49ClF4N8O6. The highest BCUT2D eigenvalue weighted by atomic mass is 35.5. The number of alkyl halides is 3. The second kappa shape index (κ2) is 18.9. The van der Waals surface area contributed by atoms with Gasteiger partial charge in [-0.25, -0.2) is 19.2 Å². The molecule has 1 amide bonds. The van der Waals surface area contributed by atoms with Crippen molar-refractivity contribution in [3.05, 3.63) is 124 Å². The number of amides is 1. The molecule has 2 fully saturated rings. The number of benzene rings is 3. The lowest BCUT2D eigenvalue weighted by Gasteiger charge is -2.32. The molecule has 2 atom stereocenters. The quantitative estimate of drug-likeness (QED) is 0.0789. The molecule has 6 heterocycles. The van der Waals surface area contributed by atoms with Crippen molar-refractivity contribution in [1.82, 2.24) is 24.8 Å². The molecule has 0 unspecified atom stereocenters. The number of nitrogens with one attached hydrogen (secondary N) is 1. The van der Waals surface area contributed by atoms with Gasteiger partial charge in [0.1, 0.15) is 47.7 Å². The third-order valence-corrected chi connectivity index (χ3v) is 13.5. The molecule has 0 saturated carbocycles. The molecule has 3 aliphatic heterocycles. The maximum absolute atomic E-state index is 18.1. The van der Waals surface area contributed by atoms with E-state index < -0.39 is 57.0 Å². The number of hydrogen-bond donors (Lipinski definition) is 2. The van der Waals surface area contributed by atoms with Crippen molar-refractivity contribution in [1.29, 1.82) is 0 Å². The lowest BCUT2D eigenvalue weighted by atomic mass is 9.94. The molecule has 3 aliphatic rings. The molecular weight excluding hydrogens is 920 g/mol. The molecule has 3 aromatic carbocycles. The fraction of sp³-hybridized carbons (Fsp3) is 0.340. The second-order valence-electron chi connectivity index (χ2n) is 17.5. The van der Waals surface area contributed by atoms with Crippen LogP contribution in [0.2, 0.25) is 5.02 Å². The highest BCUT2D eigenvalue weighted by Crippen LogP contribution is 2.52. The Morgan fingerprint density at radius 2 is 1.71 bits per heavy atom. The van der Waals surface area contributed by atoms with Crippen LogP contribution in [0.1, 0.15) is 60.0 Å². The molecule has 14 nitrogen and oxygen atoms in total. The third-order valence-electron chi connectivity index (χ3n) is 13.1. The SMILES string of the molecule is C=C1CN2CCC[C@@]2(COc2nc3c4c(c(Cl)c(-c5nc(N(Cc6ccc(OC)cc6)Cc6ccc(OC)cc6)cc(C)c5C(F)(F)F)c(F)c4n2)OCCN3[C@H](C)c2cccnc2NC(=O)O)C1. The average molecular weight is 969 g/mol. The smallest absolute Gasteiger partial charge is 0.418 e. The van der Waals surface area contributed by atoms with Crippen molar-refractivity contribution in [3.63, 3.8) is 0 Å². The number of fused-ring (bicyclic) bond motifs is 1. The zero-order valence-corrected chi connectivity index (χ0v) is 39.0. The van der Waals surface area contributed by atoms with Gasteiger partial charge in [-0.15, -0.1) is 0 Å². The van der Waals surface area contributed by atoms with Gasteiger partial charge in [0, 0.05) is 31.4 Å². The van der Waals surface area contributed by atoms with E-state index in [1.807, 2.05) is 24.3 Å². The molecule has 6 aromatic rings. The number of ether oxygens (including phenoxy) is 4. The maximum atomic E-state index is 18.1. The Morgan fingerprint density at radius 1 is 1.03 bits per heavy atom. The van der Waals surface area contributed by atoms with Crippen LogP contribution in [0.5, 0.6) is 23.3 Å². The van der Waals surface area contributed by atoms with Crippen LogP contribution in [-0.4, -0.2) is 88.6 Å². The van der Waals surface area contributed by atoms with Gasteiger partial charge >= 0.3 is 18.3 Å². The lowest BCUT2D eigenvalue weighted by Crippen LogP contribution is -2.43. The number of rotatable bonds is 14. The maximum Gasteiger partial charge on any atom is 0.418 e. The lowest BCUT2D eigenvalue weighted by molar-refractivity contribution is -0.137. The molecule has 2 N–H and O–H groups in total. The first kappa shape index (κ1) is 47.2. The van der Waals surface area contributed by atoms with Gasteiger partial charge in [-0.1, -0.05) is 54.1 Å². The summed E-state index contributed by atoms with van der Waals surface area (Å²) in [4.78, 5) is 36.1. The minimum Gasteiger partial charge on any atom is -0.497 e. The minimum atomic E-state index is -5.03. The van der Waals surface area contributed by atoms with Crippen LogP contribution in [0.25, 0.3) is 22.2 Å². The number of aryl methyl sites for hydroxylation is 1. The first-order valence-electron chi connectivity index (χ1n) is 22.3. The van der Waals surface area contributed by atoms with Crippen molar-refractivity contribution in [2.75, 3.05) is 62.2 Å². The van der Waals surface area contributed by atoms with Crippen LogP contribution in [0, 0.1) is 12.7 Å². The summed E-state index contributed by atoms with van der Waals surface area (Å²) in [5.41, 5.74) is -0.579. The normalized spacial score (nSPS) is 17.3. The molecule has 3 aromatic heterocycles. The molecule has 69 heavy (non-hydrogen) atoms. The zero-order valence-electron chi connectivity index (χ0n) is 38.3. The van der Waals surface area contributed by atoms with E-state index in [-0.39, 0.29) is 73.0 Å². The molecule has 0 bridgehead atoms. The Hall–Kier alpha value is -6.92. The number of nitrogens with zero attached hydrogens (tertiary/aromatic N) is 7. The zero-order chi connectivity index (χ0) is 48.8. The van der Waals surface area contributed by atoms with Crippen LogP contribution in [0.3, 0.4) is 0 Å². The van der Waals surface area contributed by atoms with Crippen LogP contribution in [0.4, 0.5) is 39.8 Å². The van der Waals surface area contributed by atoms with Crippen LogP contribution >= 0.6 is 11.6 Å². The Bertz CT molecular complexity index is 2900. The summed E-state index contributed by atoms with van der Waals surface area (Å²) in [5.74, 6) is 0.138. The van der Waals surface area contributed by atoms with Gasteiger partial charge in [0.2, 0.25) is 0 Å². The summed E-state index contributed by atoms with van der Waals surface area (Å²) in [6, 6.07) is 18.2. The molecule has 360 valence electrons. The Kier molecular flexibility index (Phi) is 12.9. The summed E-state index contributed by atoms with van der Waals surface area (Å²) in [6.07, 6.45) is -2.49. The van der Waals surface area contributed by atoms with E-state index >= 15 is 17.6 Å². The molecule has 9 rings (SSSR count). The average Bonchev–Trinajstić information content (AvgIpc) is 3.78. The van der Waals surface area contributed by atoms with E-state index in [4.69, 9.17) is 35.5 Å². The summed E-state index contributed by atoms with van der Waals surface area (Å²) >= 11 is 7.20. The van der Waals surface area contributed by atoms with E-state index in [1.165, 1.54) is 19.2 Å². The summed E-state index contributed by atoms with van der Waals surface area (Å²) in [7, 11) is 3.10. The minimum absolute atomic E-state index is 0.0217. The summed E-state index contributed by atoms with van der Waals surface area (Å²) in [6.45, 7) is 9.35. The second-order valence-corrected chi connectivity index (χ2v) is 17.9. The third kappa shape index (κ3) is 9.22. The fourth-order valence-electron chi connectivity index (χ4n) is 9.83. The van der Waals surface area contributed by atoms with Gasteiger partial charge in [-0.3, -0.25) is 10.2 Å². The highest BCUT2D eigenvalue weighted by Gasteiger charge is 2.47. The molecule has 19 heteroatoms. The molecule has 0 spiro atoms.